The zero-order chi connectivity index (χ0) is 43.4. The monoisotopic (exact) mass is 874 g/mol. The molecule has 8 heterocycles. The van der Waals surface area contributed by atoms with Gasteiger partial charge in [0.2, 0.25) is 11.2 Å². The molecule has 10 rings (SSSR count). The second kappa shape index (κ2) is 17.3. The fourth-order valence-corrected chi connectivity index (χ4v) is 8.93. The van der Waals surface area contributed by atoms with Crippen LogP contribution < -0.4 is 19.6 Å². The Balaban J connectivity index is 0.000000158. The van der Waals surface area contributed by atoms with Crippen LogP contribution in [0.25, 0.3) is 21.9 Å². The third-order valence-electron chi connectivity index (χ3n) is 11.4. The number of nitrogens with zero attached hydrogens (tertiary/aromatic N) is 6. The molecule has 0 bridgehead atoms. The van der Waals surface area contributed by atoms with E-state index in [1.165, 1.54) is 9.80 Å². The van der Waals surface area contributed by atoms with E-state index in [2.05, 4.69) is 10.3 Å². The highest BCUT2D eigenvalue weighted by Crippen LogP contribution is 2.44. The van der Waals surface area contributed by atoms with Crippen LogP contribution in [0.4, 0.5) is 41.4 Å². The van der Waals surface area contributed by atoms with Crippen molar-refractivity contribution >= 4 is 57.1 Å². The van der Waals surface area contributed by atoms with Crippen LogP contribution in [-0.4, -0.2) is 148 Å². The maximum absolute atomic E-state index is 15.9. The number of rotatable bonds is 8. The first-order valence-electron chi connectivity index (χ1n) is 20.6. The lowest BCUT2D eigenvalue weighted by Crippen LogP contribution is -2.46. The summed E-state index contributed by atoms with van der Waals surface area (Å²) in [6, 6.07) is 2.10. The van der Waals surface area contributed by atoms with E-state index in [0.29, 0.717) is 75.1 Å². The van der Waals surface area contributed by atoms with Gasteiger partial charge in [-0.1, -0.05) is 10.3 Å². The van der Waals surface area contributed by atoms with Gasteiger partial charge >= 0.3 is 12.2 Å². The van der Waals surface area contributed by atoms with Crippen molar-refractivity contribution in [1.82, 2.24) is 10.3 Å². The minimum atomic E-state index is -0.760. The van der Waals surface area contributed by atoms with Gasteiger partial charge in [0.25, 0.3) is 0 Å². The number of aliphatic hydroxyl groups is 2. The van der Waals surface area contributed by atoms with E-state index >= 15 is 8.78 Å². The third-order valence-corrected chi connectivity index (χ3v) is 11.4. The maximum Gasteiger partial charge on any atom is 0.416 e. The lowest BCUT2D eigenvalue weighted by atomic mass is 10.0. The fourth-order valence-electron chi connectivity index (χ4n) is 8.93. The summed E-state index contributed by atoms with van der Waals surface area (Å²) in [7, 11) is 0. The van der Waals surface area contributed by atoms with Crippen molar-refractivity contribution in [2.24, 2.45) is 0 Å². The minimum Gasteiger partial charge on any atom is -0.447 e. The predicted molar refractivity (Wildman–Crippen MR) is 211 cm³/mol. The Bertz CT molecular complexity index is 2120. The molecule has 2 aromatic heterocycles. The van der Waals surface area contributed by atoms with Crippen LogP contribution in [0.1, 0.15) is 51.4 Å². The number of carbonyl (C=O) groups is 2. The van der Waals surface area contributed by atoms with Crippen molar-refractivity contribution in [3.05, 3.63) is 34.9 Å². The number of amides is 2. The van der Waals surface area contributed by atoms with Gasteiger partial charge < -0.3 is 67.0 Å². The van der Waals surface area contributed by atoms with E-state index in [-0.39, 0.29) is 84.4 Å². The van der Waals surface area contributed by atoms with Gasteiger partial charge in [-0.3, -0.25) is 0 Å². The van der Waals surface area contributed by atoms with Crippen LogP contribution in [0.3, 0.4) is 0 Å². The van der Waals surface area contributed by atoms with E-state index in [1.807, 2.05) is 37.5 Å². The fraction of sp³-hybridized carbons (Fsp3) is 0.600. The van der Waals surface area contributed by atoms with Crippen LogP contribution in [-0.2, 0) is 37.9 Å². The van der Waals surface area contributed by atoms with Crippen molar-refractivity contribution in [2.45, 2.75) is 76.8 Å². The number of hydrogen-bond acceptors (Lipinski definition) is 18. The number of aromatic nitrogens is 2. The molecular weight excluding hydrogens is 826 g/mol. The first kappa shape index (κ1) is 42.4. The highest BCUT2D eigenvalue weighted by Gasteiger charge is 2.42. The molecule has 6 atom stereocenters. The van der Waals surface area contributed by atoms with E-state index in [4.69, 9.17) is 46.9 Å². The van der Waals surface area contributed by atoms with Gasteiger partial charge in [0, 0.05) is 37.3 Å². The SMILES string of the molecule is C[C@@H]1CN(c2c(C3OCCO3)cc3c(N4C(=O)OC[C@@H]4CO)noc3c2F)C[C@H](C)O1.C[C@@H]1CN(c2c(C3OCCO3)cc3c(N4C(=O)OC[C@H]4CO)noc3c2F)C[C@H](C)O1. The molecule has 6 aliphatic rings. The van der Waals surface area contributed by atoms with Crippen molar-refractivity contribution in [2.75, 3.05) is 98.6 Å². The molecule has 0 aliphatic carbocycles. The molecule has 6 fully saturated rings. The summed E-state index contributed by atoms with van der Waals surface area (Å²) in [5.41, 5.74) is 1.42. The second-order valence-corrected chi connectivity index (χ2v) is 16.1. The summed E-state index contributed by atoms with van der Waals surface area (Å²) >= 11 is 0. The topological polar surface area (TPSA) is 213 Å². The van der Waals surface area contributed by atoms with Crippen molar-refractivity contribution in [3.63, 3.8) is 0 Å². The van der Waals surface area contributed by atoms with Crippen LogP contribution in [0, 0.1) is 11.6 Å². The van der Waals surface area contributed by atoms with E-state index in [0.717, 1.165) is 0 Å². The summed E-state index contributed by atoms with van der Waals surface area (Å²) in [5, 5.41) is 27.7. The molecule has 2 N–H and O–H groups in total. The van der Waals surface area contributed by atoms with E-state index in [1.54, 1.807) is 12.1 Å². The summed E-state index contributed by atoms with van der Waals surface area (Å²) in [4.78, 5) is 30.7. The van der Waals surface area contributed by atoms with Gasteiger partial charge in [-0.2, -0.15) is 0 Å². The quantitative estimate of drug-likeness (QED) is 0.257. The number of morpholine rings is 2. The maximum atomic E-state index is 15.9. The van der Waals surface area contributed by atoms with Gasteiger partial charge in [-0.25, -0.2) is 28.2 Å². The van der Waals surface area contributed by atoms with Crippen LogP contribution >= 0.6 is 0 Å². The van der Waals surface area contributed by atoms with Crippen molar-refractivity contribution < 1.29 is 75.5 Å². The molecule has 6 aliphatic heterocycles. The molecule has 2 amide bonds. The molecule has 0 saturated carbocycles. The van der Waals surface area contributed by atoms with Crippen LogP contribution in [0.2, 0.25) is 0 Å². The van der Waals surface area contributed by atoms with E-state index in [9.17, 15) is 19.8 Å². The lowest BCUT2D eigenvalue weighted by Gasteiger charge is -2.38. The Morgan fingerprint density at radius 1 is 0.613 bits per heavy atom. The molecule has 0 unspecified atom stereocenters. The van der Waals surface area contributed by atoms with Crippen molar-refractivity contribution in [1.29, 1.82) is 0 Å². The Labute approximate surface area is 352 Å². The lowest BCUT2D eigenvalue weighted by molar-refractivity contribution is -0.0446. The number of carbonyl (C=O) groups excluding carboxylic acids is 2. The number of aliphatic hydroxyl groups excluding tert-OH is 2. The number of fused-ring (bicyclic) bond motifs is 2. The van der Waals surface area contributed by atoms with Gasteiger partial charge in [-0.05, 0) is 39.8 Å². The Kier molecular flexibility index (Phi) is 11.8. The number of ether oxygens (including phenoxy) is 8. The van der Waals surface area contributed by atoms with Gasteiger partial charge in [0.05, 0.1) is 98.3 Å². The number of halogens is 2. The predicted octanol–water partition coefficient (Wildman–Crippen LogP) is 3.89. The molecule has 6 saturated heterocycles. The van der Waals surface area contributed by atoms with Gasteiger partial charge in [0.15, 0.2) is 35.9 Å². The van der Waals surface area contributed by atoms with E-state index < -0.39 is 48.5 Å². The molecule has 0 spiro atoms. The average molecular weight is 875 g/mol. The highest BCUT2D eigenvalue weighted by molar-refractivity contribution is 6.02. The zero-order valence-electron chi connectivity index (χ0n) is 34.5. The molecule has 2 aromatic carbocycles. The normalized spacial score (nSPS) is 27.5. The first-order chi connectivity index (χ1) is 29.9. The first-order valence-corrected chi connectivity index (χ1v) is 20.6. The Morgan fingerprint density at radius 3 is 1.31 bits per heavy atom. The largest absolute Gasteiger partial charge is 0.447 e. The highest BCUT2D eigenvalue weighted by atomic mass is 19.1. The summed E-state index contributed by atoms with van der Waals surface area (Å²) in [6.45, 7) is 10.6. The molecular formula is C40H48F2N6O14. The van der Waals surface area contributed by atoms with Gasteiger partial charge in [0.1, 0.15) is 13.2 Å². The summed E-state index contributed by atoms with van der Waals surface area (Å²) in [6.07, 6.45) is -3.24. The van der Waals surface area contributed by atoms with Crippen LogP contribution in [0.15, 0.2) is 21.2 Å². The Hall–Kier alpha value is -4.94. The zero-order valence-corrected chi connectivity index (χ0v) is 34.5. The number of anilines is 4. The number of cyclic esters (lactones) is 2. The molecule has 4 aromatic rings. The number of hydrogen-bond donors (Lipinski definition) is 2. The third kappa shape index (κ3) is 7.65. The number of benzene rings is 2. The Morgan fingerprint density at radius 2 is 0.968 bits per heavy atom. The summed E-state index contributed by atoms with van der Waals surface area (Å²) in [5.74, 6) is -1.05. The van der Waals surface area contributed by atoms with Crippen LogP contribution in [0.5, 0.6) is 0 Å². The van der Waals surface area contributed by atoms with Crippen molar-refractivity contribution in [3.8, 4) is 0 Å². The minimum absolute atomic E-state index is 0.00944. The van der Waals surface area contributed by atoms with Gasteiger partial charge in [-0.15, -0.1) is 0 Å². The molecule has 20 nitrogen and oxygen atoms in total. The summed E-state index contributed by atoms with van der Waals surface area (Å²) < 4.78 is 86.9. The molecule has 336 valence electrons. The average Bonchev–Trinajstić information content (AvgIpc) is 4.10. The molecule has 62 heavy (non-hydrogen) atoms. The standard InChI is InChI=1S/2C20H24FN3O7/c2*1-10-6-23(7-11(2)30-10)16-13(19-27-3-4-28-19)5-14-17(15(16)21)31-22-18(14)24-12(8-25)9-29-20(24)26/h2*5,10-12,19,25H,3-4,6-9H2,1-2H3/t2*10-,11+,12-/m10/s1. The molecule has 0 radical (unpaired) electrons. The second-order valence-electron chi connectivity index (χ2n) is 16.1. The molecule has 22 heteroatoms. The smallest absolute Gasteiger partial charge is 0.416 e.